The van der Waals surface area contributed by atoms with Gasteiger partial charge in [0.1, 0.15) is 0 Å². The standard InChI is InChI=1S/C10H24N2O/c1-10(2,5-8-13-4)9-12-7-6-11-3/h11-12H,5-9H2,1-4H3. The highest BCUT2D eigenvalue weighted by Gasteiger charge is 2.16. The van der Waals surface area contributed by atoms with Crippen molar-refractivity contribution in [3.63, 3.8) is 0 Å². The van der Waals surface area contributed by atoms with Gasteiger partial charge in [0.05, 0.1) is 0 Å². The van der Waals surface area contributed by atoms with Crippen LogP contribution in [0.5, 0.6) is 0 Å². The molecule has 0 aromatic rings. The Morgan fingerprint density at radius 2 is 1.92 bits per heavy atom. The summed E-state index contributed by atoms with van der Waals surface area (Å²) in [5, 5.41) is 6.53. The second kappa shape index (κ2) is 7.30. The van der Waals surface area contributed by atoms with Crippen LogP contribution in [0.3, 0.4) is 0 Å². The monoisotopic (exact) mass is 188 g/mol. The summed E-state index contributed by atoms with van der Waals surface area (Å²) in [4.78, 5) is 0. The zero-order valence-corrected chi connectivity index (χ0v) is 9.44. The van der Waals surface area contributed by atoms with Crippen LogP contribution in [0.15, 0.2) is 0 Å². The molecule has 0 aliphatic carbocycles. The van der Waals surface area contributed by atoms with Crippen LogP contribution < -0.4 is 10.6 Å². The first-order valence-electron chi connectivity index (χ1n) is 4.96. The zero-order chi connectivity index (χ0) is 10.2. The normalized spacial score (nSPS) is 12.0. The van der Waals surface area contributed by atoms with Gasteiger partial charge in [0.25, 0.3) is 0 Å². The molecule has 3 nitrogen and oxygen atoms in total. The third-order valence-electron chi connectivity index (χ3n) is 2.14. The van der Waals surface area contributed by atoms with Crippen LogP contribution in [-0.4, -0.2) is 40.4 Å². The van der Waals surface area contributed by atoms with Gasteiger partial charge in [0.15, 0.2) is 0 Å². The van der Waals surface area contributed by atoms with Gasteiger partial charge in [-0.05, 0) is 18.9 Å². The van der Waals surface area contributed by atoms with Crippen molar-refractivity contribution in [2.24, 2.45) is 5.41 Å². The van der Waals surface area contributed by atoms with E-state index in [1.807, 2.05) is 7.05 Å². The van der Waals surface area contributed by atoms with Gasteiger partial charge in [-0.2, -0.15) is 0 Å². The highest BCUT2D eigenvalue weighted by atomic mass is 16.5. The van der Waals surface area contributed by atoms with Crippen molar-refractivity contribution in [1.82, 2.24) is 10.6 Å². The minimum absolute atomic E-state index is 0.337. The summed E-state index contributed by atoms with van der Waals surface area (Å²) in [6.45, 7) is 8.49. The molecule has 0 saturated heterocycles. The molecule has 0 fully saturated rings. The predicted octanol–water partition coefficient (Wildman–Crippen LogP) is 0.858. The molecule has 13 heavy (non-hydrogen) atoms. The van der Waals surface area contributed by atoms with E-state index in [-0.39, 0.29) is 0 Å². The molecule has 3 heteroatoms. The van der Waals surface area contributed by atoms with E-state index >= 15 is 0 Å². The molecule has 0 spiro atoms. The summed E-state index contributed by atoms with van der Waals surface area (Å²) >= 11 is 0. The van der Waals surface area contributed by atoms with Crippen molar-refractivity contribution in [3.05, 3.63) is 0 Å². The molecule has 0 bridgehead atoms. The Bertz CT molecular complexity index is 115. The molecule has 0 radical (unpaired) electrons. The minimum Gasteiger partial charge on any atom is -0.385 e. The lowest BCUT2D eigenvalue weighted by Crippen LogP contribution is -2.34. The molecule has 0 amide bonds. The fraction of sp³-hybridized carbons (Fsp3) is 1.00. The fourth-order valence-electron chi connectivity index (χ4n) is 1.11. The number of hydrogen-bond acceptors (Lipinski definition) is 3. The maximum absolute atomic E-state index is 5.07. The van der Waals surface area contributed by atoms with E-state index in [1.165, 1.54) is 0 Å². The molecule has 80 valence electrons. The summed E-state index contributed by atoms with van der Waals surface area (Å²) in [6.07, 6.45) is 1.11. The highest BCUT2D eigenvalue weighted by molar-refractivity contribution is 4.71. The summed E-state index contributed by atoms with van der Waals surface area (Å²) in [7, 11) is 3.72. The summed E-state index contributed by atoms with van der Waals surface area (Å²) < 4.78 is 5.07. The van der Waals surface area contributed by atoms with E-state index in [4.69, 9.17) is 4.74 Å². The smallest absolute Gasteiger partial charge is 0.0467 e. The van der Waals surface area contributed by atoms with Gasteiger partial charge in [0.2, 0.25) is 0 Å². The summed E-state index contributed by atoms with van der Waals surface area (Å²) in [5.41, 5.74) is 0.337. The first-order valence-corrected chi connectivity index (χ1v) is 4.96. The average molecular weight is 188 g/mol. The third kappa shape index (κ3) is 8.22. The van der Waals surface area contributed by atoms with Gasteiger partial charge >= 0.3 is 0 Å². The lowest BCUT2D eigenvalue weighted by molar-refractivity contribution is 0.151. The van der Waals surface area contributed by atoms with E-state index in [0.717, 1.165) is 32.7 Å². The number of ether oxygens (including phenoxy) is 1. The van der Waals surface area contributed by atoms with Gasteiger partial charge in [-0.15, -0.1) is 0 Å². The summed E-state index contributed by atoms with van der Waals surface area (Å²) in [5.74, 6) is 0. The van der Waals surface area contributed by atoms with Crippen molar-refractivity contribution in [3.8, 4) is 0 Å². The zero-order valence-electron chi connectivity index (χ0n) is 9.44. The largest absolute Gasteiger partial charge is 0.385 e. The Labute approximate surface area is 82.2 Å². The number of rotatable bonds is 8. The molecule has 0 aromatic heterocycles. The first kappa shape index (κ1) is 12.9. The SMILES string of the molecule is CNCCNCC(C)(C)CCOC. The van der Waals surface area contributed by atoms with Gasteiger partial charge in [-0.3, -0.25) is 0 Å². The maximum Gasteiger partial charge on any atom is 0.0467 e. The molecule has 0 aliphatic heterocycles. The number of hydrogen-bond donors (Lipinski definition) is 2. The Balaban J connectivity index is 3.39. The van der Waals surface area contributed by atoms with Crippen molar-refractivity contribution in [2.75, 3.05) is 40.4 Å². The van der Waals surface area contributed by atoms with Crippen LogP contribution in [0.4, 0.5) is 0 Å². The van der Waals surface area contributed by atoms with Gasteiger partial charge in [-0.1, -0.05) is 13.8 Å². The van der Waals surface area contributed by atoms with Crippen molar-refractivity contribution >= 4 is 0 Å². The molecule has 0 heterocycles. The molecule has 0 unspecified atom stereocenters. The highest BCUT2D eigenvalue weighted by Crippen LogP contribution is 2.18. The Kier molecular flexibility index (Phi) is 7.23. The Morgan fingerprint density at radius 3 is 2.46 bits per heavy atom. The van der Waals surface area contributed by atoms with E-state index in [9.17, 15) is 0 Å². The first-order chi connectivity index (χ1) is 6.12. The van der Waals surface area contributed by atoms with E-state index < -0.39 is 0 Å². The molecule has 0 rings (SSSR count). The van der Waals surface area contributed by atoms with Gasteiger partial charge in [0, 0.05) is 33.4 Å². The minimum atomic E-state index is 0.337. The quantitative estimate of drug-likeness (QED) is 0.554. The molecule has 0 saturated carbocycles. The van der Waals surface area contributed by atoms with Crippen molar-refractivity contribution < 1.29 is 4.74 Å². The lowest BCUT2D eigenvalue weighted by Gasteiger charge is -2.24. The average Bonchev–Trinajstić information content (AvgIpc) is 2.09. The molecule has 0 atom stereocenters. The van der Waals surface area contributed by atoms with Crippen LogP contribution in [0.2, 0.25) is 0 Å². The van der Waals surface area contributed by atoms with E-state index in [1.54, 1.807) is 7.11 Å². The predicted molar refractivity (Wildman–Crippen MR) is 57.1 cm³/mol. The fourth-order valence-corrected chi connectivity index (χ4v) is 1.11. The molecular weight excluding hydrogens is 164 g/mol. The number of methoxy groups -OCH3 is 1. The van der Waals surface area contributed by atoms with E-state index in [2.05, 4.69) is 24.5 Å². The summed E-state index contributed by atoms with van der Waals surface area (Å²) in [6, 6.07) is 0. The second-order valence-corrected chi connectivity index (χ2v) is 4.19. The van der Waals surface area contributed by atoms with Crippen molar-refractivity contribution in [1.29, 1.82) is 0 Å². The number of nitrogens with one attached hydrogen (secondary N) is 2. The number of likely N-dealkylation sites (N-methyl/N-ethyl adjacent to an activating group) is 1. The third-order valence-corrected chi connectivity index (χ3v) is 2.14. The van der Waals surface area contributed by atoms with Crippen LogP contribution in [0, 0.1) is 5.41 Å². The second-order valence-electron chi connectivity index (χ2n) is 4.19. The van der Waals surface area contributed by atoms with Crippen LogP contribution in [-0.2, 0) is 4.74 Å². The van der Waals surface area contributed by atoms with Gasteiger partial charge in [-0.25, -0.2) is 0 Å². The van der Waals surface area contributed by atoms with Crippen molar-refractivity contribution in [2.45, 2.75) is 20.3 Å². The Hall–Kier alpha value is -0.120. The molecule has 0 aliphatic rings. The van der Waals surface area contributed by atoms with E-state index in [0.29, 0.717) is 5.41 Å². The maximum atomic E-state index is 5.07. The topological polar surface area (TPSA) is 33.3 Å². The van der Waals surface area contributed by atoms with Gasteiger partial charge < -0.3 is 15.4 Å². The van der Waals surface area contributed by atoms with Crippen LogP contribution in [0.1, 0.15) is 20.3 Å². The van der Waals surface area contributed by atoms with Crippen LogP contribution in [0.25, 0.3) is 0 Å². The molecule has 0 aromatic carbocycles. The molecular formula is C10H24N2O. The lowest BCUT2D eigenvalue weighted by atomic mass is 9.90. The Morgan fingerprint density at radius 1 is 1.23 bits per heavy atom. The molecule has 2 N–H and O–H groups in total. The van der Waals surface area contributed by atoms with Crippen LogP contribution >= 0.6 is 0 Å².